The lowest BCUT2D eigenvalue weighted by Gasteiger charge is -2.17. The predicted octanol–water partition coefficient (Wildman–Crippen LogP) is 1.23. The highest BCUT2D eigenvalue weighted by Gasteiger charge is 2.10. The standard InChI is InChI=1S/C9H12N2O2S2/c1-13-5-4-10-9(14)11(7-12)8-3-2-6-15-8/h2-3,6-7H,4-5H2,1H3,(H,10,14). The fraction of sp³-hybridized carbons (Fsp3) is 0.333. The minimum absolute atomic E-state index is 0.393. The number of anilines is 1. The topological polar surface area (TPSA) is 41.6 Å². The average molecular weight is 244 g/mol. The Balaban J connectivity index is 2.52. The Kier molecular flexibility index (Phi) is 5.23. The lowest BCUT2D eigenvalue weighted by molar-refractivity contribution is -0.106. The largest absolute Gasteiger partial charge is 0.383 e. The summed E-state index contributed by atoms with van der Waals surface area (Å²) in [5.74, 6) is 0. The van der Waals surface area contributed by atoms with Gasteiger partial charge in [0.15, 0.2) is 5.11 Å². The summed E-state index contributed by atoms with van der Waals surface area (Å²) in [7, 11) is 1.61. The number of nitrogens with zero attached hydrogens (tertiary/aromatic N) is 1. The van der Waals surface area contributed by atoms with Crippen LogP contribution in [0.15, 0.2) is 17.5 Å². The van der Waals surface area contributed by atoms with E-state index in [4.69, 9.17) is 17.0 Å². The number of thiocarbonyl (C=S) groups is 1. The molecule has 0 unspecified atom stereocenters. The molecule has 1 N–H and O–H groups in total. The van der Waals surface area contributed by atoms with Crippen LogP contribution in [0, 0.1) is 0 Å². The maximum absolute atomic E-state index is 10.9. The average Bonchev–Trinajstić information content (AvgIpc) is 2.73. The van der Waals surface area contributed by atoms with Crippen molar-refractivity contribution in [2.45, 2.75) is 0 Å². The summed E-state index contributed by atoms with van der Waals surface area (Å²) >= 11 is 6.53. The lowest BCUT2D eigenvalue weighted by atomic mass is 10.6. The van der Waals surface area contributed by atoms with Gasteiger partial charge in [-0.25, -0.2) is 0 Å². The van der Waals surface area contributed by atoms with E-state index in [0.29, 0.717) is 24.7 Å². The molecule has 1 rings (SSSR count). The van der Waals surface area contributed by atoms with Gasteiger partial charge in [-0.05, 0) is 29.7 Å². The van der Waals surface area contributed by atoms with Crippen molar-refractivity contribution in [3.8, 4) is 0 Å². The minimum Gasteiger partial charge on any atom is -0.383 e. The third kappa shape index (κ3) is 3.58. The van der Waals surface area contributed by atoms with Crippen LogP contribution >= 0.6 is 23.6 Å². The zero-order valence-electron chi connectivity index (χ0n) is 8.30. The first kappa shape index (κ1) is 12.1. The van der Waals surface area contributed by atoms with Gasteiger partial charge in [-0.15, -0.1) is 11.3 Å². The van der Waals surface area contributed by atoms with Gasteiger partial charge in [-0.2, -0.15) is 0 Å². The zero-order valence-corrected chi connectivity index (χ0v) is 9.94. The van der Waals surface area contributed by atoms with Crippen molar-refractivity contribution in [1.82, 2.24) is 5.32 Å². The molecule has 15 heavy (non-hydrogen) atoms. The SMILES string of the molecule is COCCNC(=S)N(C=O)c1cccs1. The summed E-state index contributed by atoms with van der Waals surface area (Å²) in [4.78, 5) is 12.2. The molecule has 0 atom stereocenters. The molecule has 0 aliphatic carbocycles. The first-order valence-corrected chi connectivity index (χ1v) is 5.63. The van der Waals surface area contributed by atoms with Gasteiger partial charge in [-0.3, -0.25) is 9.69 Å². The quantitative estimate of drug-likeness (QED) is 0.480. The van der Waals surface area contributed by atoms with Crippen molar-refractivity contribution < 1.29 is 9.53 Å². The first-order valence-electron chi connectivity index (χ1n) is 4.34. The van der Waals surface area contributed by atoms with E-state index in [1.165, 1.54) is 16.2 Å². The van der Waals surface area contributed by atoms with Crippen LogP contribution < -0.4 is 10.2 Å². The van der Waals surface area contributed by atoms with Gasteiger partial charge in [0.05, 0.1) is 6.61 Å². The molecule has 0 aromatic carbocycles. The van der Waals surface area contributed by atoms with Crippen LogP contribution in [-0.4, -0.2) is 31.8 Å². The van der Waals surface area contributed by atoms with E-state index in [-0.39, 0.29) is 0 Å². The van der Waals surface area contributed by atoms with Crippen molar-refractivity contribution in [3.63, 3.8) is 0 Å². The van der Waals surface area contributed by atoms with E-state index in [1.54, 1.807) is 7.11 Å². The van der Waals surface area contributed by atoms with Gasteiger partial charge >= 0.3 is 0 Å². The van der Waals surface area contributed by atoms with Crippen LogP contribution in [0.1, 0.15) is 0 Å². The number of rotatable bonds is 5. The highest BCUT2D eigenvalue weighted by Crippen LogP contribution is 2.19. The molecule has 4 nitrogen and oxygen atoms in total. The third-order valence-electron chi connectivity index (χ3n) is 1.65. The van der Waals surface area contributed by atoms with E-state index in [1.807, 2.05) is 17.5 Å². The Morgan fingerprint density at radius 1 is 1.80 bits per heavy atom. The number of hydrogen-bond donors (Lipinski definition) is 1. The Morgan fingerprint density at radius 3 is 3.13 bits per heavy atom. The van der Waals surface area contributed by atoms with Gasteiger partial charge in [0.2, 0.25) is 6.41 Å². The zero-order chi connectivity index (χ0) is 11.1. The normalized spacial score (nSPS) is 9.67. The van der Waals surface area contributed by atoms with E-state index in [2.05, 4.69) is 5.32 Å². The van der Waals surface area contributed by atoms with Crippen LogP contribution in [0.2, 0.25) is 0 Å². The molecular weight excluding hydrogens is 232 g/mol. The van der Waals surface area contributed by atoms with Crippen LogP contribution in [0.25, 0.3) is 0 Å². The van der Waals surface area contributed by atoms with Gasteiger partial charge in [0.1, 0.15) is 5.00 Å². The van der Waals surface area contributed by atoms with Gasteiger partial charge < -0.3 is 10.1 Å². The number of hydrogen-bond acceptors (Lipinski definition) is 4. The van der Waals surface area contributed by atoms with Crippen LogP contribution in [-0.2, 0) is 9.53 Å². The molecule has 1 aromatic rings. The lowest BCUT2D eigenvalue weighted by Crippen LogP contribution is -2.39. The highest BCUT2D eigenvalue weighted by atomic mass is 32.1. The molecule has 1 aromatic heterocycles. The van der Waals surface area contributed by atoms with E-state index in [9.17, 15) is 4.79 Å². The molecule has 0 saturated heterocycles. The number of ether oxygens (including phenoxy) is 1. The highest BCUT2D eigenvalue weighted by molar-refractivity contribution is 7.80. The van der Waals surface area contributed by atoms with Crippen molar-refractivity contribution in [3.05, 3.63) is 17.5 Å². The molecule has 1 heterocycles. The van der Waals surface area contributed by atoms with Crippen LogP contribution in [0.4, 0.5) is 5.00 Å². The molecule has 0 radical (unpaired) electrons. The third-order valence-corrected chi connectivity index (χ3v) is 2.86. The van der Waals surface area contributed by atoms with Crippen molar-refractivity contribution in [1.29, 1.82) is 0 Å². The Bertz CT molecular complexity index is 314. The molecule has 0 fully saturated rings. The van der Waals surface area contributed by atoms with Gasteiger partial charge in [-0.1, -0.05) is 0 Å². The smallest absolute Gasteiger partial charge is 0.221 e. The minimum atomic E-state index is 0.393. The summed E-state index contributed by atoms with van der Waals surface area (Å²) in [5.41, 5.74) is 0. The fourth-order valence-electron chi connectivity index (χ4n) is 0.952. The fourth-order valence-corrected chi connectivity index (χ4v) is 1.95. The summed E-state index contributed by atoms with van der Waals surface area (Å²) < 4.78 is 4.87. The second kappa shape index (κ2) is 6.49. The summed E-state index contributed by atoms with van der Waals surface area (Å²) in [6, 6.07) is 3.71. The summed E-state index contributed by atoms with van der Waals surface area (Å²) in [6.07, 6.45) is 0.702. The Morgan fingerprint density at radius 2 is 2.60 bits per heavy atom. The molecule has 1 amide bonds. The molecule has 0 bridgehead atoms. The van der Waals surface area contributed by atoms with Crippen LogP contribution in [0.3, 0.4) is 0 Å². The van der Waals surface area contributed by atoms with E-state index >= 15 is 0 Å². The Labute approximate surface area is 97.8 Å². The Hall–Kier alpha value is -0.980. The van der Waals surface area contributed by atoms with E-state index < -0.39 is 0 Å². The molecule has 6 heteroatoms. The first-order chi connectivity index (χ1) is 7.29. The van der Waals surface area contributed by atoms with Gasteiger partial charge in [0.25, 0.3) is 0 Å². The summed E-state index contributed by atoms with van der Waals surface area (Å²) in [5, 5.41) is 6.02. The number of nitrogens with one attached hydrogen (secondary N) is 1. The van der Waals surface area contributed by atoms with Crippen molar-refractivity contribution >= 4 is 40.1 Å². The maximum atomic E-state index is 10.9. The number of carbonyl (C=O) groups is 1. The molecule has 0 spiro atoms. The van der Waals surface area contributed by atoms with Crippen LogP contribution in [0.5, 0.6) is 0 Å². The monoisotopic (exact) mass is 244 g/mol. The van der Waals surface area contributed by atoms with Gasteiger partial charge in [0, 0.05) is 13.7 Å². The predicted molar refractivity (Wildman–Crippen MR) is 65.3 cm³/mol. The number of methoxy groups -OCH3 is 1. The second-order valence-electron chi connectivity index (χ2n) is 2.65. The second-order valence-corrected chi connectivity index (χ2v) is 3.96. The number of amides is 1. The number of carbonyl (C=O) groups excluding carboxylic acids is 1. The molecule has 0 aliphatic rings. The van der Waals surface area contributed by atoms with Crippen molar-refractivity contribution in [2.75, 3.05) is 25.2 Å². The maximum Gasteiger partial charge on any atom is 0.221 e. The summed E-state index contributed by atoms with van der Waals surface area (Å²) in [6.45, 7) is 1.14. The molecular formula is C9H12N2O2S2. The number of thiophene rings is 1. The molecule has 0 aliphatic heterocycles. The molecule has 82 valence electrons. The van der Waals surface area contributed by atoms with E-state index in [0.717, 1.165) is 5.00 Å². The van der Waals surface area contributed by atoms with Crippen molar-refractivity contribution in [2.24, 2.45) is 0 Å². The molecule has 0 saturated carbocycles.